The summed E-state index contributed by atoms with van der Waals surface area (Å²) in [6.07, 6.45) is -0.574. The number of carbonyl (C=O) groups excluding carboxylic acids is 1. The van der Waals surface area contributed by atoms with Gasteiger partial charge in [0, 0.05) is 23.3 Å². The van der Waals surface area contributed by atoms with E-state index in [4.69, 9.17) is 4.74 Å². The van der Waals surface area contributed by atoms with Crippen molar-refractivity contribution < 1.29 is 18.8 Å². The van der Waals surface area contributed by atoms with Crippen LogP contribution in [0.3, 0.4) is 0 Å². The normalized spacial score (nSPS) is 11.5. The molecule has 0 fully saturated rings. The molecule has 0 spiro atoms. The highest BCUT2D eigenvalue weighted by atomic mass is 32.2. The SMILES string of the molecule is CC(C)Sc1c(F)cc([N+](=O)[O-])cc1CN(C)C(=O)OC(C)(C)C. The largest absolute Gasteiger partial charge is 0.444 e. The van der Waals surface area contributed by atoms with Crippen LogP contribution < -0.4 is 0 Å². The Morgan fingerprint density at radius 1 is 1.42 bits per heavy atom. The first kappa shape index (κ1) is 20.2. The summed E-state index contributed by atoms with van der Waals surface area (Å²) in [6.45, 7) is 9.03. The molecule has 0 bridgehead atoms. The Morgan fingerprint density at radius 3 is 2.46 bits per heavy atom. The van der Waals surface area contributed by atoms with Crippen LogP contribution >= 0.6 is 11.8 Å². The third kappa shape index (κ3) is 5.99. The summed E-state index contributed by atoms with van der Waals surface area (Å²) in [7, 11) is 1.51. The van der Waals surface area contributed by atoms with Gasteiger partial charge in [0.1, 0.15) is 11.4 Å². The topological polar surface area (TPSA) is 72.7 Å². The molecule has 1 aromatic rings. The molecule has 0 radical (unpaired) electrons. The standard InChI is InChI=1S/C16H23FN2O4S/c1-10(2)24-14-11(7-12(19(21)22)8-13(14)17)9-18(6)15(20)23-16(3,4)5/h7-8,10H,9H2,1-6H3. The molecule has 1 amide bonds. The fourth-order valence-electron chi connectivity index (χ4n) is 1.88. The maximum Gasteiger partial charge on any atom is 0.410 e. The van der Waals surface area contributed by atoms with Crippen LogP contribution in [0.5, 0.6) is 0 Å². The summed E-state index contributed by atoms with van der Waals surface area (Å²) in [5.41, 5.74) is -0.614. The van der Waals surface area contributed by atoms with E-state index in [0.29, 0.717) is 10.5 Å². The van der Waals surface area contributed by atoms with E-state index in [1.165, 1.54) is 29.8 Å². The first-order chi connectivity index (χ1) is 10.9. The van der Waals surface area contributed by atoms with Crippen molar-refractivity contribution in [1.29, 1.82) is 0 Å². The van der Waals surface area contributed by atoms with E-state index in [9.17, 15) is 19.3 Å². The molecule has 0 heterocycles. The predicted octanol–water partition coefficient (Wildman–Crippen LogP) is 4.60. The third-order valence-corrected chi connectivity index (χ3v) is 3.95. The maximum absolute atomic E-state index is 14.3. The zero-order valence-corrected chi connectivity index (χ0v) is 15.6. The van der Waals surface area contributed by atoms with Crippen molar-refractivity contribution in [3.05, 3.63) is 33.6 Å². The lowest BCUT2D eigenvalue weighted by Crippen LogP contribution is -2.34. The fraction of sp³-hybridized carbons (Fsp3) is 0.562. The van der Waals surface area contributed by atoms with Crippen molar-refractivity contribution in [2.24, 2.45) is 0 Å². The second-order valence-electron chi connectivity index (χ2n) is 6.68. The lowest BCUT2D eigenvalue weighted by Gasteiger charge is -2.25. The number of benzene rings is 1. The van der Waals surface area contributed by atoms with Gasteiger partial charge in [-0.15, -0.1) is 11.8 Å². The molecule has 8 heteroatoms. The average molecular weight is 358 g/mol. The average Bonchev–Trinajstić information content (AvgIpc) is 2.39. The van der Waals surface area contributed by atoms with E-state index < -0.39 is 22.4 Å². The maximum atomic E-state index is 14.3. The van der Waals surface area contributed by atoms with Gasteiger partial charge in [-0.3, -0.25) is 10.1 Å². The van der Waals surface area contributed by atoms with Crippen LogP contribution in [0, 0.1) is 15.9 Å². The summed E-state index contributed by atoms with van der Waals surface area (Å²) in [5, 5.41) is 11.1. The number of hydrogen-bond donors (Lipinski definition) is 0. The minimum Gasteiger partial charge on any atom is -0.444 e. The number of non-ortho nitro benzene ring substituents is 1. The fourth-order valence-corrected chi connectivity index (χ4v) is 2.80. The zero-order valence-electron chi connectivity index (χ0n) is 14.8. The van der Waals surface area contributed by atoms with E-state index in [1.54, 1.807) is 20.8 Å². The Bertz CT molecular complexity index is 629. The van der Waals surface area contributed by atoms with E-state index >= 15 is 0 Å². The monoisotopic (exact) mass is 358 g/mol. The number of carbonyl (C=O) groups is 1. The summed E-state index contributed by atoms with van der Waals surface area (Å²) < 4.78 is 19.5. The Balaban J connectivity index is 3.15. The second kappa shape index (κ2) is 7.83. The summed E-state index contributed by atoms with van der Waals surface area (Å²) in [5.74, 6) is -0.657. The van der Waals surface area contributed by atoms with Gasteiger partial charge >= 0.3 is 6.09 Å². The van der Waals surface area contributed by atoms with E-state index in [0.717, 1.165) is 6.07 Å². The van der Waals surface area contributed by atoms with Crippen molar-refractivity contribution >= 4 is 23.5 Å². The van der Waals surface area contributed by atoms with Gasteiger partial charge in [0.2, 0.25) is 0 Å². The van der Waals surface area contributed by atoms with Crippen LogP contribution in [0.4, 0.5) is 14.9 Å². The third-order valence-electron chi connectivity index (χ3n) is 2.78. The first-order valence-electron chi connectivity index (χ1n) is 7.48. The van der Waals surface area contributed by atoms with Gasteiger partial charge < -0.3 is 9.64 Å². The van der Waals surface area contributed by atoms with Crippen LogP contribution in [-0.4, -0.2) is 33.8 Å². The van der Waals surface area contributed by atoms with Gasteiger partial charge in [0.05, 0.1) is 17.5 Å². The Kier molecular flexibility index (Phi) is 6.59. The molecule has 0 N–H and O–H groups in total. The van der Waals surface area contributed by atoms with Crippen molar-refractivity contribution in [3.8, 4) is 0 Å². The number of rotatable bonds is 5. The molecule has 1 rings (SSSR count). The van der Waals surface area contributed by atoms with E-state index in [2.05, 4.69) is 0 Å². The van der Waals surface area contributed by atoms with Crippen molar-refractivity contribution in [3.63, 3.8) is 0 Å². The molecule has 0 saturated carbocycles. The Morgan fingerprint density at radius 2 is 2.00 bits per heavy atom. The smallest absolute Gasteiger partial charge is 0.410 e. The summed E-state index contributed by atoms with van der Waals surface area (Å²) in [4.78, 5) is 24.0. The molecule has 0 aromatic heterocycles. The predicted molar refractivity (Wildman–Crippen MR) is 91.7 cm³/mol. The van der Waals surface area contributed by atoms with Crippen LogP contribution in [0.1, 0.15) is 40.2 Å². The van der Waals surface area contributed by atoms with Gasteiger partial charge in [-0.05, 0) is 26.3 Å². The molecule has 24 heavy (non-hydrogen) atoms. The number of nitro benzene ring substituents is 1. The number of ether oxygens (including phenoxy) is 1. The highest BCUT2D eigenvalue weighted by Crippen LogP contribution is 2.33. The van der Waals surface area contributed by atoms with Crippen molar-refractivity contribution in [2.45, 2.75) is 56.9 Å². The zero-order chi connectivity index (χ0) is 18.7. The number of nitrogens with zero attached hydrogens (tertiary/aromatic N) is 2. The number of thioether (sulfide) groups is 1. The van der Waals surface area contributed by atoms with Gasteiger partial charge in [-0.1, -0.05) is 13.8 Å². The molecular formula is C16H23FN2O4S. The van der Waals surface area contributed by atoms with E-state index in [-0.39, 0.29) is 17.5 Å². The lowest BCUT2D eigenvalue weighted by atomic mass is 10.2. The molecule has 134 valence electrons. The Hall–Kier alpha value is -1.83. The molecule has 0 unspecified atom stereocenters. The van der Waals surface area contributed by atoms with Crippen molar-refractivity contribution in [1.82, 2.24) is 4.90 Å². The molecule has 0 aliphatic rings. The van der Waals surface area contributed by atoms with Crippen molar-refractivity contribution in [2.75, 3.05) is 7.05 Å². The number of nitro groups is 1. The Labute approximate surface area is 145 Å². The molecule has 0 aliphatic heterocycles. The number of amides is 1. The minimum atomic E-state index is -0.658. The van der Waals surface area contributed by atoms with Crippen LogP contribution in [-0.2, 0) is 11.3 Å². The quantitative estimate of drug-likeness (QED) is 0.437. The van der Waals surface area contributed by atoms with E-state index in [1.807, 2.05) is 13.8 Å². The number of hydrogen-bond acceptors (Lipinski definition) is 5. The van der Waals surface area contributed by atoms with Crippen LogP contribution in [0.25, 0.3) is 0 Å². The van der Waals surface area contributed by atoms with Gasteiger partial charge in [-0.25, -0.2) is 9.18 Å². The molecule has 6 nitrogen and oxygen atoms in total. The van der Waals surface area contributed by atoms with Crippen LogP contribution in [0.15, 0.2) is 17.0 Å². The number of halogens is 1. The van der Waals surface area contributed by atoms with Gasteiger partial charge in [0.15, 0.2) is 0 Å². The summed E-state index contributed by atoms with van der Waals surface area (Å²) >= 11 is 1.26. The highest BCUT2D eigenvalue weighted by molar-refractivity contribution is 8.00. The summed E-state index contributed by atoms with van der Waals surface area (Å²) in [6, 6.07) is 2.20. The highest BCUT2D eigenvalue weighted by Gasteiger charge is 2.23. The molecule has 0 aliphatic carbocycles. The molecule has 1 aromatic carbocycles. The lowest BCUT2D eigenvalue weighted by molar-refractivity contribution is -0.385. The minimum absolute atomic E-state index is 0.0164. The van der Waals surface area contributed by atoms with Gasteiger partial charge in [-0.2, -0.15) is 0 Å². The molecular weight excluding hydrogens is 335 g/mol. The second-order valence-corrected chi connectivity index (χ2v) is 8.26. The molecule has 0 saturated heterocycles. The van der Waals surface area contributed by atoms with Crippen LogP contribution in [0.2, 0.25) is 0 Å². The molecule has 0 atom stereocenters. The first-order valence-corrected chi connectivity index (χ1v) is 8.36. The van der Waals surface area contributed by atoms with Gasteiger partial charge in [0.25, 0.3) is 5.69 Å².